The van der Waals surface area contributed by atoms with E-state index in [0.717, 1.165) is 6.07 Å². The fraction of sp³-hybridized carbons (Fsp3) is 0.300. The average Bonchev–Trinajstić information content (AvgIpc) is 2.22. The second kappa shape index (κ2) is 5.21. The van der Waals surface area contributed by atoms with Gasteiger partial charge in [-0.15, -0.1) is 0 Å². The van der Waals surface area contributed by atoms with Crippen molar-refractivity contribution in [3.8, 4) is 0 Å². The van der Waals surface area contributed by atoms with E-state index >= 15 is 0 Å². The van der Waals surface area contributed by atoms with Crippen molar-refractivity contribution in [2.24, 2.45) is 0 Å². The van der Waals surface area contributed by atoms with Crippen molar-refractivity contribution >= 4 is 21.9 Å². The van der Waals surface area contributed by atoms with Crippen LogP contribution in [0.1, 0.15) is 22.8 Å². The first-order valence-electron chi connectivity index (χ1n) is 4.31. The zero-order valence-electron chi connectivity index (χ0n) is 8.02. The van der Waals surface area contributed by atoms with Crippen LogP contribution in [0.3, 0.4) is 0 Å². The Morgan fingerprint density at radius 2 is 2.13 bits per heavy atom. The van der Waals surface area contributed by atoms with Gasteiger partial charge in [-0.3, -0.25) is 0 Å². The van der Waals surface area contributed by atoms with Crippen LogP contribution < -0.4 is 0 Å². The maximum Gasteiger partial charge on any atom is 0.341 e. The predicted octanol–water partition coefficient (Wildman–Crippen LogP) is 3.04. The van der Waals surface area contributed by atoms with Crippen molar-refractivity contribution in [3.63, 3.8) is 0 Å². The summed E-state index contributed by atoms with van der Waals surface area (Å²) in [5.41, 5.74) is 0.0288. The minimum atomic E-state index is -1.16. The molecule has 0 spiro atoms. The van der Waals surface area contributed by atoms with Gasteiger partial charge in [0.05, 0.1) is 6.61 Å². The Bertz CT molecular complexity index is 380. The minimum Gasteiger partial charge on any atom is -0.462 e. The molecule has 0 amide bonds. The van der Waals surface area contributed by atoms with Crippen molar-refractivity contribution in [2.45, 2.75) is 12.3 Å². The Labute approximate surface area is 94.4 Å². The number of alkyl halides is 1. The quantitative estimate of drug-likeness (QED) is 0.628. The maximum atomic E-state index is 13.3. The molecule has 0 fully saturated rings. The van der Waals surface area contributed by atoms with Gasteiger partial charge in [0, 0.05) is 5.33 Å². The summed E-state index contributed by atoms with van der Waals surface area (Å²) < 4.78 is 30.9. The van der Waals surface area contributed by atoms with Gasteiger partial charge < -0.3 is 4.74 Å². The monoisotopic (exact) mass is 278 g/mol. The molecule has 1 aromatic carbocycles. The summed E-state index contributed by atoms with van der Waals surface area (Å²) in [5, 5.41) is 0.262. The first-order valence-corrected chi connectivity index (χ1v) is 5.43. The first kappa shape index (κ1) is 12.1. The fourth-order valence-electron chi connectivity index (χ4n) is 1.13. The lowest BCUT2D eigenvalue weighted by Crippen LogP contribution is -2.11. The lowest BCUT2D eigenvalue weighted by Gasteiger charge is -2.08. The highest BCUT2D eigenvalue weighted by atomic mass is 79.9. The third kappa shape index (κ3) is 2.53. The number of benzene rings is 1. The van der Waals surface area contributed by atoms with E-state index in [1.54, 1.807) is 6.92 Å². The van der Waals surface area contributed by atoms with Crippen LogP contribution in [0.15, 0.2) is 12.1 Å². The fourth-order valence-corrected chi connectivity index (χ4v) is 1.59. The van der Waals surface area contributed by atoms with Crippen molar-refractivity contribution in [2.75, 3.05) is 6.61 Å². The molecular weight excluding hydrogens is 270 g/mol. The summed E-state index contributed by atoms with van der Waals surface area (Å²) >= 11 is 3.09. The minimum absolute atomic E-state index is 0.122. The largest absolute Gasteiger partial charge is 0.462 e. The van der Waals surface area contributed by atoms with Crippen LogP contribution in [0.25, 0.3) is 0 Å². The van der Waals surface area contributed by atoms with E-state index in [1.165, 1.54) is 6.07 Å². The topological polar surface area (TPSA) is 26.3 Å². The Kier molecular flexibility index (Phi) is 4.20. The van der Waals surface area contributed by atoms with Gasteiger partial charge in [-0.1, -0.05) is 22.0 Å². The summed E-state index contributed by atoms with van der Waals surface area (Å²) in [4.78, 5) is 11.3. The van der Waals surface area contributed by atoms with Gasteiger partial charge in [0.2, 0.25) is 0 Å². The zero-order valence-corrected chi connectivity index (χ0v) is 9.61. The molecule has 0 unspecified atom stereocenters. The highest BCUT2D eigenvalue weighted by Gasteiger charge is 2.20. The van der Waals surface area contributed by atoms with Crippen LogP contribution >= 0.6 is 15.9 Å². The summed E-state index contributed by atoms with van der Waals surface area (Å²) in [7, 11) is 0. The number of carbonyl (C=O) groups is 1. The normalized spacial score (nSPS) is 10.1. The number of halogens is 3. The van der Waals surface area contributed by atoms with E-state index in [0.29, 0.717) is 5.56 Å². The molecule has 1 aromatic rings. The Morgan fingerprint density at radius 3 is 2.67 bits per heavy atom. The number of ether oxygens (including phenoxy) is 1. The van der Waals surface area contributed by atoms with Gasteiger partial charge in [-0.2, -0.15) is 0 Å². The third-order valence-electron chi connectivity index (χ3n) is 1.80. The summed E-state index contributed by atoms with van der Waals surface area (Å²) in [6.07, 6.45) is 0. The second-order valence-corrected chi connectivity index (χ2v) is 3.31. The summed E-state index contributed by atoms with van der Waals surface area (Å²) in [6, 6.07) is 2.33. The maximum absolute atomic E-state index is 13.3. The van der Waals surface area contributed by atoms with Gasteiger partial charge in [0.1, 0.15) is 5.56 Å². The molecular formula is C10H9BrF2O2. The number of esters is 1. The van der Waals surface area contributed by atoms with Crippen LogP contribution in [-0.4, -0.2) is 12.6 Å². The molecule has 15 heavy (non-hydrogen) atoms. The molecule has 0 aliphatic heterocycles. The van der Waals surface area contributed by atoms with Crippen LogP contribution in [0.5, 0.6) is 0 Å². The van der Waals surface area contributed by atoms with Crippen LogP contribution in [0.4, 0.5) is 8.78 Å². The molecule has 0 heterocycles. The van der Waals surface area contributed by atoms with Crippen LogP contribution in [-0.2, 0) is 10.1 Å². The standard InChI is InChI=1S/C10H9BrF2O2/c1-2-15-10(14)8-6(5-11)3-4-7(12)9(8)13/h3-4H,2,5H2,1H3. The number of hydrogen-bond acceptors (Lipinski definition) is 2. The van der Waals surface area contributed by atoms with Crippen molar-refractivity contribution < 1.29 is 18.3 Å². The molecule has 0 atom stereocenters. The van der Waals surface area contributed by atoms with E-state index < -0.39 is 17.6 Å². The SMILES string of the molecule is CCOC(=O)c1c(CBr)ccc(F)c1F. The number of carbonyl (C=O) groups excluding carboxylic acids is 1. The van der Waals surface area contributed by atoms with Crippen LogP contribution in [0, 0.1) is 11.6 Å². The van der Waals surface area contributed by atoms with Gasteiger partial charge in [-0.05, 0) is 18.6 Å². The van der Waals surface area contributed by atoms with E-state index in [9.17, 15) is 13.6 Å². The van der Waals surface area contributed by atoms with Gasteiger partial charge >= 0.3 is 5.97 Å². The number of hydrogen-bond donors (Lipinski definition) is 0. The molecule has 0 N–H and O–H groups in total. The lowest BCUT2D eigenvalue weighted by atomic mass is 10.1. The molecule has 0 saturated heterocycles. The molecule has 0 bridgehead atoms. The smallest absolute Gasteiger partial charge is 0.341 e. The Hall–Kier alpha value is -0.970. The zero-order chi connectivity index (χ0) is 11.4. The summed E-state index contributed by atoms with van der Waals surface area (Å²) in [5.74, 6) is -3.06. The Morgan fingerprint density at radius 1 is 1.47 bits per heavy atom. The van der Waals surface area contributed by atoms with E-state index in [-0.39, 0.29) is 17.5 Å². The molecule has 0 aromatic heterocycles. The molecule has 0 saturated carbocycles. The van der Waals surface area contributed by atoms with E-state index in [2.05, 4.69) is 20.7 Å². The van der Waals surface area contributed by atoms with Crippen LogP contribution in [0.2, 0.25) is 0 Å². The third-order valence-corrected chi connectivity index (χ3v) is 2.41. The van der Waals surface area contributed by atoms with Gasteiger partial charge in [-0.25, -0.2) is 13.6 Å². The molecule has 0 aliphatic carbocycles. The van der Waals surface area contributed by atoms with Crippen molar-refractivity contribution in [1.82, 2.24) is 0 Å². The number of rotatable bonds is 3. The van der Waals surface area contributed by atoms with E-state index in [4.69, 9.17) is 0 Å². The Balaban J connectivity index is 3.23. The van der Waals surface area contributed by atoms with Gasteiger partial charge in [0.15, 0.2) is 11.6 Å². The van der Waals surface area contributed by atoms with Gasteiger partial charge in [0.25, 0.3) is 0 Å². The second-order valence-electron chi connectivity index (χ2n) is 2.75. The molecule has 0 aliphatic rings. The highest BCUT2D eigenvalue weighted by molar-refractivity contribution is 9.08. The highest BCUT2D eigenvalue weighted by Crippen LogP contribution is 2.20. The molecule has 0 radical (unpaired) electrons. The molecule has 2 nitrogen and oxygen atoms in total. The molecule has 5 heteroatoms. The average molecular weight is 279 g/mol. The predicted molar refractivity (Wildman–Crippen MR) is 54.9 cm³/mol. The lowest BCUT2D eigenvalue weighted by molar-refractivity contribution is 0.0519. The first-order chi connectivity index (χ1) is 7.11. The summed E-state index contributed by atoms with van der Waals surface area (Å²) in [6.45, 7) is 1.72. The van der Waals surface area contributed by atoms with Crippen molar-refractivity contribution in [1.29, 1.82) is 0 Å². The molecule has 1 rings (SSSR count). The van der Waals surface area contributed by atoms with Crippen molar-refractivity contribution in [3.05, 3.63) is 34.9 Å². The van der Waals surface area contributed by atoms with E-state index in [1.807, 2.05) is 0 Å². The molecule has 82 valence electrons.